The fourth-order valence-electron chi connectivity index (χ4n) is 2.58. The first-order valence-electron chi connectivity index (χ1n) is 7.69. The van der Waals surface area contributed by atoms with Crippen LogP contribution in [0, 0.1) is 0 Å². The van der Waals surface area contributed by atoms with E-state index in [1.165, 1.54) is 0 Å². The van der Waals surface area contributed by atoms with Gasteiger partial charge in [0.15, 0.2) is 0 Å². The molecule has 0 unspecified atom stereocenters. The molecule has 3 amide bonds. The summed E-state index contributed by atoms with van der Waals surface area (Å²) in [6.07, 6.45) is 5.69. The molecule has 1 aliphatic rings. The molecule has 2 heterocycles. The lowest BCUT2D eigenvalue weighted by Gasteiger charge is -2.27. The molecule has 1 aliphatic heterocycles. The van der Waals surface area contributed by atoms with E-state index in [9.17, 15) is 9.59 Å². The SMILES string of the molecule is O=C(NCc1ccoc1)Nc1cccc(N2CCCCC2=O)c1. The zero-order chi connectivity index (χ0) is 16.1. The molecule has 1 aromatic heterocycles. The van der Waals surface area contributed by atoms with E-state index < -0.39 is 0 Å². The predicted octanol–water partition coefficient (Wildman–Crippen LogP) is 3.12. The molecule has 0 bridgehead atoms. The van der Waals surface area contributed by atoms with Gasteiger partial charge < -0.3 is 20.0 Å². The van der Waals surface area contributed by atoms with Crippen LogP contribution >= 0.6 is 0 Å². The van der Waals surface area contributed by atoms with E-state index >= 15 is 0 Å². The van der Waals surface area contributed by atoms with Crippen molar-refractivity contribution in [1.82, 2.24) is 5.32 Å². The smallest absolute Gasteiger partial charge is 0.319 e. The van der Waals surface area contributed by atoms with E-state index in [0.29, 0.717) is 18.7 Å². The van der Waals surface area contributed by atoms with Crippen molar-refractivity contribution < 1.29 is 14.0 Å². The van der Waals surface area contributed by atoms with Crippen molar-refractivity contribution in [2.24, 2.45) is 0 Å². The van der Waals surface area contributed by atoms with Crippen LogP contribution in [-0.2, 0) is 11.3 Å². The first kappa shape index (κ1) is 15.1. The molecule has 0 spiro atoms. The first-order chi connectivity index (χ1) is 11.2. The second-order valence-corrected chi connectivity index (χ2v) is 5.49. The monoisotopic (exact) mass is 313 g/mol. The predicted molar refractivity (Wildman–Crippen MR) is 87.2 cm³/mol. The number of furan rings is 1. The second kappa shape index (κ2) is 7.00. The molecule has 1 aromatic carbocycles. The molecule has 2 N–H and O–H groups in total. The Bertz CT molecular complexity index is 682. The zero-order valence-corrected chi connectivity index (χ0v) is 12.7. The van der Waals surface area contributed by atoms with E-state index in [-0.39, 0.29) is 11.9 Å². The molecule has 3 rings (SSSR count). The Balaban J connectivity index is 1.60. The maximum Gasteiger partial charge on any atom is 0.319 e. The number of urea groups is 1. The average Bonchev–Trinajstić information content (AvgIpc) is 3.07. The van der Waals surface area contributed by atoms with Crippen LogP contribution in [0.25, 0.3) is 0 Å². The summed E-state index contributed by atoms with van der Waals surface area (Å²) in [5.74, 6) is 0.137. The molecular weight excluding hydrogens is 294 g/mol. The van der Waals surface area contributed by atoms with Crippen LogP contribution < -0.4 is 15.5 Å². The van der Waals surface area contributed by atoms with Gasteiger partial charge in [-0.25, -0.2) is 4.79 Å². The molecule has 0 saturated carbocycles. The summed E-state index contributed by atoms with van der Waals surface area (Å²) in [5, 5.41) is 5.53. The Morgan fingerprint density at radius 3 is 2.96 bits per heavy atom. The van der Waals surface area contributed by atoms with Gasteiger partial charge in [-0.15, -0.1) is 0 Å². The maximum absolute atomic E-state index is 12.0. The Hall–Kier alpha value is -2.76. The van der Waals surface area contributed by atoms with Crippen LogP contribution in [0.4, 0.5) is 16.2 Å². The number of rotatable bonds is 4. The minimum atomic E-state index is -0.298. The Kier molecular flexibility index (Phi) is 4.61. The molecule has 6 nitrogen and oxygen atoms in total. The average molecular weight is 313 g/mol. The van der Waals surface area contributed by atoms with Gasteiger partial charge >= 0.3 is 6.03 Å². The van der Waals surface area contributed by atoms with Crippen molar-refractivity contribution in [2.75, 3.05) is 16.8 Å². The number of nitrogens with zero attached hydrogens (tertiary/aromatic N) is 1. The van der Waals surface area contributed by atoms with Crippen molar-refractivity contribution in [3.63, 3.8) is 0 Å². The van der Waals surface area contributed by atoms with Gasteiger partial charge in [0.1, 0.15) is 0 Å². The first-order valence-corrected chi connectivity index (χ1v) is 7.69. The lowest BCUT2D eigenvalue weighted by atomic mass is 10.1. The summed E-state index contributed by atoms with van der Waals surface area (Å²) < 4.78 is 4.95. The number of amides is 3. The highest BCUT2D eigenvalue weighted by molar-refractivity contribution is 5.95. The number of benzene rings is 1. The fourth-order valence-corrected chi connectivity index (χ4v) is 2.58. The van der Waals surface area contributed by atoms with Crippen LogP contribution in [0.3, 0.4) is 0 Å². The number of hydrogen-bond donors (Lipinski definition) is 2. The van der Waals surface area contributed by atoms with Gasteiger partial charge in [0, 0.05) is 36.4 Å². The summed E-state index contributed by atoms with van der Waals surface area (Å²) in [6.45, 7) is 1.13. The molecule has 6 heteroatoms. The van der Waals surface area contributed by atoms with Gasteiger partial charge in [-0.1, -0.05) is 6.07 Å². The van der Waals surface area contributed by atoms with Gasteiger partial charge in [0.25, 0.3) is 0 Å². The summed E-state index contributed by atoms with van der Waals surface area (Å²) in [5.41, 5.74) is 2.38. The van der Waals surface area contributed by atoms with Gasteiger partial charge in [0.05, 0.1) is 12.5 Å². The number of carbonyl (C=O) groups is 2. The number of carbonyl (C=O) groups excluding carboxylic acids is 2. The Morgan fingerprint density at radius 2 is 2.17 bits per heavy atom. The van der Waals surface area contributed by atoms with Crippen LogP contribution in [0.5, 0.6) is 0 Å². The lowest BCUT2D eigenvalue weighted by molar-refractivity contribution is -0.119. The van der Waals surface area contributed by atoms with Crippen molar-refractivity contribution in [1.29, 1.82) is 0 Å². The highest BCUT2D eigenvalue weighted by atomic mass is 16.3. The standard InChI is InChI=1S/C17H19N3O3/c21-16-6-1-2-8-20(16)15-5-3-4-14(10-15)19-17(22)18-11-13-7-9-23-12-13/h3-5,7,9-10,12H,1-2,6,8,11H2,(H2,18,19,22). The molecule has 0 aliphatic carbocycles. The van der Waals surface area contributed by atoms with Gasteiger partial charge in [-0.05, 0) is 37.1 Å². The number of anilines is 2. The second-order valence-electron chi connectivity index (χ2n) is 5.49. The third-order valence-corrected chi connectivity index (χ3v) is 3.77. The third-order valence-electron chi connectivity index (χ3n) is 3.77. The number of nitrogens with one attached hydrogen (secondary N) is 2. The molecular formula is C17H19N3O3. The minimum absolute atomic E-state index is 0.137. The van der Waals surface area contributed by atoms with Crippen molar-refractivity contribution in [3.05, 3.63) is 48.4 Å². The highest BCUT2D eigenvalue weighted by Crippen LogP contribution is 2.23. The summed E-state index contributed by atoms with van der Waals surface area (Å²) in [6, 6.07) is 8.84. The van der Waals surface area contributed by atoms with Crippen LogP contribution in [-0.4, -0.2) is 18.5 Å². The van der Waals surface area contributed by atoms with E-state index in [1.54, 1.807) is 29.6 Å². The quantitative estimate of drug-likeness (QED) is 0.910. The largest absolute Gasteiger partial charge is 0.472 e. The van der Waals surface area contributed by atoms with Crippen LogP contribution in [0.1, 0.15) is 24.8 Å². The number of hydrogen-bond acceptors (Lipinski definition) is 3. The van der Waals surface area contributed by atoms with E-state index in [2.05, 4.69) is 10.6 Å². The zero-order valence-electron chi connectivity index (χ0n) is 12.7. The van der Waals surface area contributed by atoms with Gasteiger partial charge in [-0.2, -0.15) is 0 Å². The molecule has 0 radical (unpaired) electrons. The van der Waals surface area contributed by atoms with Gasteiger partial charge in [0.2, 0.25) is 5.91 Å². The third kappa shape index (κ3) is 3.91. The van der Waals surface area contributed by atoms with Crippen LogP contribution in [0.2, 0.25) is 0 Å². The highest BCUT2D eigenvalue weighted by Gasteiger charge is 2.19. The summed E-state index contributed by atoms with van der Waals surface area (Å²) in [4.78, 5) is 25.7. The Labute approximate surface area is 134 Å². The molecule has 2 aromatic rings. The summed E-state index contributed by atoms with van der Waals surface area (Å²) in [7, 11) is 0. The topological polar surface area (TPSA) is 74.6 Å². The fraction of sp³-hybridized carbons (Fsp3) is 0.294. The van der Waals surface area contributed by atoms with Crippen molar-refractivity contribution in [3.8, 4) is 0 Å². The normalized spacial score (nSPS) is 14.6. The lowest BCUT2D eigenvalue weighted by Crippen LogP contribution is -2.35. The van der Waals surface area contributed by atoms with Crippen molar-refractivity contribution >= 4 is 23.3 Å². The molecule has 23 heavy (non-hydrogen) atoms. The minimum Gasteiger partial charge on any atom is -0.472 e. The van der Waals surface area contributed by atoms with E-state index in [0.717, 1.165) is 30.6 Å². The molecule has 120 valence electrons. The van der Waals surface area contributed by atoms with E-state index in [1.807, 2.05) is 18.2 Å². The Morgan fingerprint density at radius 1 is 1.26 bits per heavy atom. The van der Waals surface area contributed by atoms with Crippen LogP contribution in [0.15, 0.2) is 47.3 Å². The van der Waals surface area contributed by atoms with Crippen molar-refractivity contribution in [2.45, 2.75) is 25.8 Å². The number of piperidine rings is 1. The summed E-state index contributed by atoms with van der Waals surface area (Å²) >= 11 is 0. The van der Waals surface area contributed by atoms with E-state index in [4.69, 9.17) is 4.42 Å². The van der Waals surface area contributed by atoms with Gasteiger partial charge in [-0.3, -0.25) is 4.79 Å². The molecule has 1 fully saturated rings. The maximum atomic E-state index is 12.0. The molecule has 1 saturated heterocycles. The molecule has 0 atom stereocenters.